The smallest absolute Gasteiger partial charge is 0.125 e. The molecule has 1 heterocycles. The summed E-state index contributed by atoms with van der Waals surface area (Å²) < 4.78 is 5.47. The van der Waals surface area contributed by atoms with Crippen LogP contribution in [-0.4, -0.2) is 17.6 Å². The predicted octanol–water partition coefficient (Wildman–Crippen LogP) is 2.44. The molecular weight excluding hydrogens is 176 g/mol. The summed E-state index contributed by atoms with van der Waals surface area (Å²) in [5.41, 5.74) is 1.11. The van der Waals surface area contributed by atoms with Crippen LogP contribution in [0.25, 0.3) is 0 Å². The lowest BCUT2D eigenvalue weighted by molar-refractivity contribution is 0.0655. The van der Waals surface area contributed by atoms with Crippen LogP contribution < -0.4 is 5.32 Å². The van der Waals surface area contributed by atoms with Gasteiger partial charge >= 0.3 is 0 Å². The average Bonchev–Trinajstić information content (AvgIpc) is 2.17. The summed E-state index contributed by atoms with van der Waals surface area (Å²) in [4.78, 5) is 4.26. The van der Waals surface area contributed by atoms with E-state index in [9.17, 15) is 0 Å². The van der Waals surface area contributed by atoms with Gasteiger partial charge in [0, 0.05) is 12.7 Å². The summed E-state index contributed by atoms with van der Waals surface area (Å²) >= 11 is 0. The van der Waals surface area contributed by atoms with Crippen molar-refractivity contribution >= 4 is 5.82 Å². The van der Waals surface area contributed by atoms with Crippen LogP contribution in [0.1, 0.15) is 26.3 Å². The molecule has 0 atom stereocenters. The van der Waals surface area contributed by atoms with Gasteiger partial charge in [0.2, 0.25) is 0 Å². The summed E-state index contributed by atoms with van der Waals surface area (Å²) in [6.45, 7) is 7.64. The molecule has 0 amide bonds. The number of ether oxygens (including phenoxy) is 1. The molecule has 1 rings (SSSR count). The molecule has 0 spiro atoms. The number of nitrogens with zero attached hydrogens (tertiary/aromatic N) is 1. The number of rotatable bonds is 5. The molecular formula is C11H18N2O. The molecule has 78 valence electrons. The summed E-state index contributed by atoms with van der Waals surface area (Å²) in [6.07, 6.45) is 2.11. The molecule has 0 aliphatic carbocycles. The van der Waals surface area contributed by atoms with Crippen molar-refractivity contribution in [3.8, 4) is 0 Å². The molecule has 0 unspecified atom stereocenters. The number of hydrogen-bond acceptors (Lipinski definition) is 3. The van der Waals surface area contributed by atoms with E-state index in [4.69, 9.17) is 4.74 Å². The minimum Gasteiger partial charge on any atom is -0.374 e. The molecule has 0 saturated heterocycles. The Labute approximate surface area is 85.5 Å². The minimum absolute atomic E-state index is 0.267. The van der Waals surface area contributed by atoms with E-state index in [0.717, 1.165) is 17.9 Å². The fourth-order valence-electron chi connectivity index (χ4n) is 1.06. The first kappa shape index (κ1) is 11.0. The van der Waals surface area contributed by atoms with Gasteiger partial charge in [-0.1, -0.05) is 6.07 Å². The molecule has 0 radical (unpaired) electrons. The molecule has 0 bridgehead atoms. The first-order valence-corrected chi connectivity index (χ1v) is 5.02. The monoisotopic (exact) mass is 194 g/mol. The molecule has 1 aromatic heterocycles. The molecule has 0 fully saturated rings. The maximum atomic E-state index is 5.47. The van der Waals surface area contributed by atoms with E-state index in [1.807, 2.05) is 32.2 Å². The zero-order chi connectivity index (χ0) is 10.4. The van der Waals surface area contributed by atoms with E-state index < -0.39 is 0 Å². The van der Waals surface area contributed by atoms with Gasteiger partial charge < -0.3 is 10.1 Å². The first-order chi connectivity index (χ1) is 6.72. The van der Waals surface area contributed by atoms with E-state index in [2.05, 4.69) is 17.2 Å². The third kappa shape index (κ3) is 3.75. The van der Waals surface area contributed by atoms with E-state index in [1.54, 1.807) is 0 Å². The summed E-state index contributed by atoms with van der Waals surface area (Å²) in [5, 5.41) is 3.15. The normalized spacial score (nSPS) is 10.6. The molecule has 0 aromatic carbocycles. The van der Waals surface area contributed by atoms with Crippen LogP contribution in [-0.2, 0) is 11.3 Å². The van der Waals surface area contributed by atoms with Crippen molar-refractivity contribution in [1.29, 1.82) is 0 Å². The van der Waals surface area contributed by atoms with Crippen LogP contribution in [0.15, 0.2) is 18.3 Å². The Morgan fingerprint density at radius 2 is 2.21 bits per heavy atom. The maximum absolute atomic E-state index is 5.47. The summed E-state index contributed by atoms with van der Waals surface area (Å²) in [5.74, 6) is 0.917. The lowest BCUT2D eigenvalue weighted by Gasteiger charge is -2.07. The van der Waals surface area contributed by atoms with Crippen LogP contribution in [0.5, 0.6) is 0 Å². The van der Waals surface area contributed by atoms with Gasteiger partial charge in [-0.25, -0.2) is 4.98 Å². The van der Waals surface area contributed by atoms with Crippen molar-refractivity contribution in [3.05, 3.63) is 23.9 Å². The van der Waals surface area contributed by atoms with E-state index in [1.165, 1.54) is 0 Å². The van der Waals surface area contributed by atoms with Crippen LogP contribution in [0, 0.1) is 0 Å². The Morgan fingerprint density at radius 3 is 2.71 bits per heavy atom. The highest BCUT2D eigenvalue weighted by Crippen LogP contribution is 2.06. The third-order valence-electron chi connectivity index (χ3n) is 1.77. The topological polar surface area (TPSA) is 34.1 Å². The number of anilines is 1. The van der Waals surface area contributed by atoms with Crippen LogP contribution in [0.4, 0.5) is 5.82 Å². The Hall–Kier alpha value is -1.09. The van der Waals surface area contributed by atoms with Gasteiger partial charge in [0.1, 0.15) is 5.82 Å². The lowest BCUT2D eigenvalue weighted by atomic mass is 10.3. The quantitative estimate of drug-likeness (QED) is 0.781. The molecule has 3 heteroatoms. The van der Waals surface area contributed by atoms with Crippen LogP contribution in [0.2, 0.25) is 0 Å². The average molecular weight is 194 g/mol. The van der Waals surface area contributed by atoms with Gasteiger partial charge in [0.25, 0.3) is 0 Å². The van der Waals surface area contributed by atoms with Gasteiger partial charge in [-0.05, 0) is 32.4 Å². The fourth-order valence-corrected chi connectivity index (χ4v) is 1.06. The highest BCUT2D eigenvalue weighted by molar-refractivity contribution is 5.34. The Kier molecular flexibility index (Phi) is 4.40. The molecule has 3 nitrogen and oxygen atoms in total. The molecule has 14 heavy (non-hydrogen) atoms. The molecule has 1 aromatic rings. The van der Waals surface area contributed by atoms with Crippen molar-refractivity contribution in [2.24, 2.45) is 0 Å². The van der Waals surface area contributed by atoms with Gasteiger partial charge in [0.15, 0.2) is 0 Å². The molecule has 1 N–H and O–H groups in total. The summed E-state index contributed by atoms with van der Waals surface area (Å²) in [7, 11) is 0. The molecule has 0 aliphatic heterocycles. The predicted molar refractivity (Wildman–Crippen MR) is 58.3 cm³/mol. The van der Waals surface area contributed by atoms with Crippen LogP contribution in [0.3, 0.4) is 0 Å². The number of aromatic nitrogens is 1. The number of nitrogens with one attached hydrogen (secondary N) is 1. The minimum atomic E-state index is 0.267. The van der Waals surface area contributed by atoms with Gasteiger partial charge in [-0.3, -0.25) is 0 Å². The van der Waals surface area contributed by atoms with Crippen LogP contribution >= 0.6 is 0 Å². The molecule has 0 aliphatic rings. The Balaban J connectivity index is 2.46. The Morgan fingerprint density at radius 1 is 1.43 bits per heavy atom. The second-order valence-electron chi connectivity index (χ2n) is 3.44. The van der Waals surface area contributed by atoms with Crippen molar-refractivity contribution in [2.45, 2.75) is 33.5 Å². The number of pyridine rings is 1. The number of hydrogen-bond donors (Lipinski definition) is 1. The van der Waals surface area contributed by atoms with Crippen molar-refractivity contribution in [3.63, 3.8) is 0 Å². The fraction of sp³-hybridized carbons (Fsp3) is 0.545. The van der Waals surface area contributed by atoms with E-state index in [0.29, 0.717) is 6.61 Å². The zero-order valence-electron chi connectivity index (χ0n) is 9.08. The van der Waals surface area contributed by atoms with Crippen molar-refractivity contribution in [1.82, 2.24) is 4.98 Å². The molecule has 0 saturated carbocycles. The van der Waals surface area contributed by atoms with E-state index in [-0.39, 0.29) is 6.10 Å². The summed E-state index contributed by atoms with van der Waals surface area (Å²) in [6, 6.07) is 4.01. The third-order valence-corrected chi connectivity index (χ3v) is 1.77. The second-order valence-corrected chi connectivity index (χ2v) is 3.44. The van der Waals surface area contributed by atoms with Gasteiger partial charge in [0.05, 0.1) is 12.7 Å². The maximum Gasteiger partial charge on any atom is 0.125 e. The second kappa shape index (κ2) is 5.60. The zero-order valence-corrected chi connectivity index (χ0v) is 9.08. The highest BCUT2D eigenvalue weighted by Gasteiger charge is 1.97. The van der Waals surface area contributed by atoms with Crippen molar-refractivity contribution in [2.75, 3.05) is 11.9 Å². The highest BCUT2D eigenvalue weighted by atomic mass is 16.5. The van der Waals surface area contributed by atoms with Gasteiger partial charge in [-0.15, -0.1) is 0 Å². The first-order valence-electron chi connectivity index (χ1n) is 5.02. The van der Waals surface area contributed by atoms with Crippen molar-refractivity contribution < 1.29 is 4.74 Å². The lowest BCUT2D eigenvalue weighted by Crippen LogP contribution is -2.03. The SMILES string of the molecule is CCNc1ccc(COC(C)C)cn1. The van der Waals surface area contributed by atoms with Gasteiger partial charge in [-0.2, -0.15) is 0 Å². The largest absolute Gasteiger partial charge is 0.374 e. The standard InChI is InChI=1S/C11H18N2O/c1-4-12-11-6-5-10(7-13-11)8-14-9(2)3/h5-7,9H,4,8H2,1-3H3,(H,12,13). The Bertz CT molecular complexity index is 256. The van der Waals surface area contributed by atoms with E-state index >= 15 is 0 Å².